The highest BCUT2D eigenvalue weighted by Crippen LogP contribution is 2.42. The van der Waals surface area contributed by atoms with Crippen molar-refractivity contribution in [3.05, 3.63) is 270 Å². The Bertz CT molecular complexity index is 6980. The van der Waals surface area contributed by atoms with E-state index in [0.29, 0.717) is 176 Å². The average Bonchev–Trinajstić information content (AvgIpc) is 1.71. The molecule has 7 aromatic carbocycles. The van der Waals surface area contributed by atoms with Gasteiger partial charge in [-0.1, -0.05) is 77.0 Å². The number of anilines is 7. The van der Waals surface area contributed by atoms with E-state index in [2.05, 4.69) is 50.1 Å². The van der Waals surface area contributed by atoms with Crippen LogP contribution in [0.2, 0.25) is 5.15 Å². The van der Waals surface area contributed by atoms with Gasteiger partial charge in [0.15, 0.2) is 5.16 Å². The third-order valence-electron chi connectivity index (χ3n) is 26.1. The fourth-order valence-electron chi connectivity index (χ4n) is 17.6. The van der Waals surface area contributed by atoms with Crippen LogP contribution >= 0.6 is 23.4 Å². The maximum absolute atomic E-state index is 14.7. The third kappa shape index (κ3) is 23.5. The molecule has 8 fully saturated rings. The summed E-state index contributed by atoms with van der Waals surface area (Å²) in [6.07, 6.45) is 19.3. The quantitative estimate of drug-likeness (QED) is 0.0222. The molecule has 7 saturated heterocycles. The Morgan fingerprint density at radius 3 is 1.12 bits per heavy atom. The van der Waals surface area contributed by atoms with Crippen LogP contribution in [-0.2, 0) is 39.7 Å². The lowest BCUT2D eigenvalue weighted by molar-refractivity contribution is 0.0964. The summed E-state index contributed by atoms with van der Waals surface area (Å²) in [4.78, 5) is 126. The van der Waals surface area contributed by atoms with Crippen LogP contribution in [0.15, 0.2) is 219 Å². The topological polar surface area (TPSA) is 325 Å². The molecule has 1 saturated carbocycles. The first-order chi connectivity index (χ1) is 70.7. The molecular weight excluding hydrogens is 1930 g/mol. The van der Waals surface area contributed by atoms with Crippen molar-refractivity contribution in [2.45, 2.75) is 154 Å². The monoisotopic (exact) mass is 2030 g/mol. The van der Waals surface area contributed by atoms with Gasteiger partial charge in [-0.2, -0.15) is 0 Å². The van der Waals surface area contributed by atoms with E-state index in [1.54, 1.807) is 147 Å². The van der Waals surface area contributed by atoms with Crippen molar-refractivity contribution in [3.8, 4) is 66.8 Å². The van der Waals surface area contributed by atoms with Crippen molar-refractivity contribution >= 4 is 117 Å². The number of nitrogens with one attached hydrogen (secondary N) is 2. The van der Waals surface area contributed by atoms with E-state index in [4.69, 9.17) is 44.8 Å². The first-order valence-corrected chi connectivity index (χ1v) is 49.9. The lowest BCUT2D eigenvalue weighted by Gasteiger charge is -2.19. The Labute approximate surface area is 847 Å². The lowest BCUT2D eigenvalue weighted by Crippen LogP contribution is -2.27. The number of hydrogen-bond acceptors (Lipinski definition) is 23. The summed E-state index contributed by atoms with van der Waals surface area (Å²) in [6.45, 7) is 17.8. The van der Waals surface area contributed by atoms with Gasteiger partial charge in [0, 0.05) is 148 Å². The Morgan fingerprint density at radius 2 is 0.740 bits per heavy atom. The number of amides is 7. The number of pyridine rings is 3. The summed E-state index contributed by atoms with van der Waals surface area (Å²) < 4.78 is 124. The van der Waals surface area contributed by atoms with Crippen molar-refractivity contribution in [1.29, 1.82) is 0 Å². The molecule has 13 aromatic rings. The first-order valence-electron chi connectivity index (χ1n) is 48.3. The molecule has 146 heavy (non-hydrogen) atoms. The maximum Gasteiger partial charge on any atom is 0.414 e. The van der Waals surface area contributed by atoms with Gasteiger partial charge in [0.05, 0.1) is 80.0 Å². The summed E-state index contributed by atoms with van der Waals surface area (Å²) in [5.41, 5.74) is 13.0. The minimum Gasteiger partial charge on any atom is -0.444 e. The number of hydrogen-bond donors (Lipinski definition) is 2. The predicted molar refractivity (Wildman–Crippen MR) is 542 cm³/mol. The number of H-pyrrole nitrogens is 1. The van der Waals surface area contributed by atoms with Crippen molar-refractivity contribution in [3.63, 3.8) is 0 Å². The van der Waals surface area contributed by atoms with Crippen LogP contribution in [-0.4, -0.2) is 191 Å². The molecule has 1 aliphatic carbocycles. The van der Waals surface area contributed by atoms with Gasteiger partial charge in [0.25, 0.3) is 5.91 Å². The van der Waals surface area contributed by atoms with Gasteiger partial charge < -0.3 is 48.4 Å². The van der Waals surface area contributed by atoms with E-state index in [0.717, 1.165) is 92.4 Å². The molecule has 0 spiro atoms. The molecule has 0 radical (unpaired) electrons. The maximum atomic E-state index is 14.7. The number of nitrogens with zero attached hydrogens (tertiary/aromatic N) is 14. The number of cyclic esters (lactones) is 6. The molecule has 22 rings (SSSR count). The van der Waals surface area contributed by atoms with Crippen LogP contribution in [0.25, 0.3) is 77.8 Å². The van der Waals surface area contributed by atoms with Crippen molar-refractivity contribution in [2.24, 2.45) is 0 Å². The average molecular weight is 2030 g/mol. The van der Waals surface area contributed by atoms with Crippen LogP contribution < -0.4 is 39.6 Å². The summed E-state index contributed by atoms with van der Waals surface area (Å²) in [5.74, 6) is -1.32. The normalized spacial score (nSPS) is 18.8. The minimum atomic E-state index is -0.443. The Morgan fingerprint density at radius 1 is 0.370 bits per heavy atom. The minimum absolute atomic E-state index is 0.101. The Balaban J connectivity index is 0.000000120. The van der Waals surface area contributed by atoms with Gasteiger partial charge >= 0.3 is 36.6 Å². The van der Waals surface area contributed by atoms with E-state index in [9.17, 15) is 59.9 Å². The van der Waals surface area contributed by atoms with Crippen molar-refractivity contribution in [2.75, 3.05) is 106 Å². The molecule has 8 aliphatic heterocycles. The van der Waals surface area contributed by atoms with E-state index < -0.39 is 59.8 Å². The number of aromatic nitrogens is 8. The van der Waals surface area contributed by atoms with Gasteiger partial charge in [-0.05, 0) is 238 Å². The molecule has 9 aliphatic rings. The molecule has 0 bridgehead atoms. The second-order valence-electron chi connectivity index (χ2n) is 35.6. The van der Waals surface area contributed by atoms with Gasteiger partial charge in [0.1, 0.15) is 82.3 Å². The Hall–Kier alpha value is -15.2. The molecule has 2 N–H and O–H groups in total. The number of carbonyl (C=O) groups is 7. The molecular formula is C108H105ClF6N16O14S. The number of aromatic amines is 1. The molecule has 38 heteroatoms. The van der Waals surface area contributed by atoms with Gasteiger partial charge in [-0.3, -0.25) is 39.2 Å². The van der Waals surface area contributed by atoms with Crippen molar-refractivity contribution in [1.82, 2.24) is 45.2 Å². The smallest absolute Gasteiger partial charge is 0.414 e. The largest absolute Gasteiger partial charge is 0.444 e. The number of halogens is 7. The van der Waals surface area contributed by atoms with E-state index >= 15 is 0 Å². The van der Waals surface area contributed by atoms with Crippen LogP contribution in [0, 0.1) is 34.9 Å². The molecule has 7 amide bonds. The van der Waals surface area contributed by atoms with Crippen LogP contribution in [0.3, 0.4) is 0 Å². The summed E-state index contributed by atoms with van der Waals surface area (Å²) >= 11 is 7.25. The molecule has 6 unspecified atom stereocenters. The third-order valence-corrected chi connectivity index (χ3v) is 26.9. The predicted octanol–water partition coefficient (Wildman–Crippen LogP) is 23.3. The highest BCUT2D eigenvalue weighted by atomic mass is 35.5. The summed E-state index contributed by atoms with van der Waals surface area (Å²) in [6, 6.07) is 44.6. The molecule has 756 valence electrons. The highest BCUT2D eigenvalue weighted by molar-refractivity contribution is 7.98. The number of rotatable bonds is 21. The number of thioether (sulfide) groups is 1. The van der Waals surface area contributed by atoms with E-state index in [1.165, 1.54) is 96.6 Å². The number of benzene rings is 7. The van der Waals surface area contributed by atoms with E-state index in [1.807, 2.05) is 72.1 Å². The fourth-order valence-corrected chi connectivity index (χ4v) is 18.1. The zero-order valence-electron chi connectivity index (χ0n) is 80.9. The molecule has 14 heterocycles. The fraction of sp³-hybridized carbons (Fsp3) is 0.315. The number of fused-ring (bicyclic) bond motifs is 2. The highest BCUT2D eigenvalue weighted by Gasteiger charge is 2.39. The van der Waals surface area contributed by atoms with Gasteiger partial charge in [0.2, 0.25) is 5.95 Å². The first kappa shape index (κ1) is 102. The van der Waals surface area contributed by atoms with Crippen LogP contribution in [0.1, 0.15) is 127 Å². The van der Waals surface area contributed by atoms with Crippen molar-refractivity contribution < 1.29 is 93.1 Å². The molecule has 30 nitrogen and oxygen atoms in total. The van der Waals surface area contributed by atoms with Crippen LogP contribution in [0.5, 0.6) is 0 Å². The van der Waals surface area contributed by atoms with Crippen LogP contribution in [0.4, 0.5) is 95.2 Å². The second-order valence-corrected chi connectivity index (χ2v) is 36.7. The SMILES string of the molecule is CCC1CN(c2ccc(-c3ccc(C4CC4)nc3)c(F)c2)C(=O)O1.CCC1CN(c2ccc(-c3ccc4c(c3)CNC4=O)c(F)c2)C(=O)O1.CCC1CN(c2ccc(-c3ccnc(Cl)c3)c(F)c2)C(=O)O1.CCC1CN(c2ccc(-c3ccnc4[nH]ccc34)c(F)c2)C(=O)O1.CCC1CN(c2ccc(-c3cnc(N4CCCOCC4)nc3)c(F)c2)C(=O)O1.CCC1CN(c2ccc(-c3cnc(SC)nc3)c(F)c2)C(=O)O1. The lowest BCUT2D eigenvalue weighted by atomic mass is 9.99. The standard InChI is InChI=1S/C20H23FN4O3.C19H17FN2O3.C19H19FN2O2.C18H16FN3O2.C16H14ClFN2O2.C16H16FN3O2S/c1-2-16-13-25(20(26)28-16)15-4-5-17(18(21)10-15)14-11-22-19(23-12-14)24-6-3-8-27-9-7-24;1-2-14-10-22(19(24)25-14)13-4-6-15(17(20)8-13)11-3-5-16-12(7-11)9-21-18(16)23;1-2-15-11-22(19(23)24-15)14-6-7-16(17(20)9-14)13-5-8-18(21-10-13)12-3-4-12;1-2-12-10-22(18(23)24-12)11-3-4-14(16(19)9-11)13-5-7-20-17-15(13)6-8-21-17;1-2-12-9-20(16(21)22-12)11-3-4-13(14(18)8-11)10-5-6-19-15(17)7-10;1-3-12-9-20(16(21)22-12)11-4-5-13(14(17)6-11)10-7-18-15(23-2)19-8-10/h4-5,10-12,16H,2-3,6-9,13H2,1H3;3-8,14H,2,9-10H2,1H3,(H,21,23);5-10,12,15H,2-4,11H2,1H3;3-9,12H,2,10H2,1H3,(H,20,21);3-8,12H,2,9H2,1H3;4-8,12H,3,9H2,1-2H3. The van der Waals surface area contributed by atoms with E-state index in [-0.39, 0.29) is 54.2 Å². The zero-order valence-corrected chi connectivity index (χ0v) is 82.5. The number of ether oxygens (including phenoxy) is 7. The molecule has 6 aromatic heterocycles. The van der Waals surface area contributed by atoms with Gasteiger partial charge in [-0.25, -0.2) is 85.0 Å². The number of carbonyl (C=O) groups excluding carboxylic acids is 7. The zero-order chi connectivity index (χ0) is 103. The van der Waals surface area contributed by atoms with Gasteiger partial charge in [-0.15, -0.1) is 0 Å². The summed E-state index contributed by atoms with van der Waals surface area (Å²) in [5, 5.41) is 4.54. The Kier molecular flexibility index (Phi) is 32.4. The molecule has 6 atom stereocenters. The summed E-state index contributed by atoms with van der Waals surface area (Å²) in [7, 11) is 0. The second kappa shape index (κ2) is 46.2.